The fraction of sp³-hybridized carbons (Fsp3) is 0.429. The molecule has 0 saturated heterocycles. The van der Waals surface area contributed by atoms with E-state index in [9.17, 15) is 18.0 Å². The smallest absolute Gasteiger partial charge is 0.340 e. The third-order valence-corrected chi connectivity index (χ3v) is 4.28. The van der Waals surface area contributed by atoms with E-state index in [1.807, 2.05) is 0 Å². The molecule has 0 aliphatic rings. The molecule has 1 rings (SSSR count). The van der Waals surface area contributed by atoms with Crippen molar-refractivity contribution in [3.05, 3.63) is 28.8 Å². The molecule has 128 valence electrons. The summed E-state index contributed by atoms with van der Waals surface area (Å²) in [5.74, 6) is -1.37. The Labute approximate surface area is 139 Å². The molecular formula is C14H18ClNO6S. The summed E-state index contributed by atoms with van der Waals surface area (Å²) in [5, 5.41) is 2.56. The van der Waals surface area contributed by atoms with Crippen LogP contribution in [0.15, 0.2) is 23.1 Å². The Morgan fingerprint density at radius 3 is 2.57 bits per heavy atom. The zero-order valence-corrected chi connectivity index (χ0v) is 14.5. The van der Waals surface area contributed by atoms with Crippen LogP contribution in [0.4, 0.5) is 0 Å². The molecule has 0 aromatic heterocycles. The lowest BCUT2D eigenvalue weighted by molar-refractivity contribution is -0.129. The van der Waals surface area contributed by atoms with Gasteiger partial charge in [-0.15, -0.1) is 0 Å². The van der Waals surface area contributed by atoms with Crippen LogP contribution in [0.3, 0.4) is 0 Å². The fourth-order valence-electron chi connectivity index (χ4n) is 1.59. The molecule has 0 heterocycles. The van der Waals surface area contributed by atoms with Crippen LogP contribution in [0.5, 0.6) is 0 Å². The highest BCUT2D eigenvalue weighted by Gasteiger charge is 2.22. The molecular weight excluding hydrogens is 346 g/mol. The predicted molar refractivity (Wildman–Crippen MR) is 84.3 cm³/mol. The van der Waals surface area contributed by atoms with Crippen molar-refractivity contribution >= 4 is 33.3 Å². The number of ether oxygens (including phenoxy) is 2. The molecule has 0 spiro atoms. The van der Waals surface area contributed by atoms with Crippen LogP contribution < -0.4 is 5.32 Å². The van der Waals surface area contributed by atoms with Gasteiger partial charge in [-0.1, -0.05) is 11.6 Å². The summed E-state index contributed by atoms with van der Waals surface area (Å²) in [6, 6.07) is 3.70. The molecule has 0 bridgehead atoms. The van der Waals surface area contributed by atoms with Crippen LogP contribution in [0.1, 0.15) is 17.3 Å². The molecule has 0 unspecified atom stereocenters. The number of halogens is 1. The summed E-state index contributed by atoms with van der Waals surface area (Å²) < 4.78 is 32.8. The molecule has 0 fully saturated rings. The van der Waals surface area contributed by atoms with E-state index in [1.54, 1.807) is 0 Å². The number of carbonyl (C=O) groups excluding carboxylic acids is 2. The molecule has 0 radical (unpaired) electrons. The summed E-state index contributed by atoms with van der Waals surface area (Å²) in [7, 11) is -2.00. The van der Waals surface area contributed by atoms with Gasteiger partial charge in [0.05, 0.1) is 22.1 Å². The van der Waals surface area contributed by atoms with Gasteiger partial charge >= 0.3 is 5.97 Å². The van der Waals surface area contributed by atoms with Gasteiger partial charge in [0.15, 0.2) is 15.9 Å². The summed E-state index contributed by atoms with van der Waals surface area (Å²) in [4.78, 5) is 23.7. The lowest BCUT2D eigenvalue weighted by atomic mass is 10.2. The second kappa shape index (κ2) is 8.28. The fourth-order valence-corrected chi connectivity index (χ4v) is 2.43. The second-order valence-corrected chi connectivity index (χ2v) is 7.17. The molecule has 0 aliphatic heterocycles. The van der Waals surface area contributed by atoms with E-state index in [0.717, 1.165) is 12.3 Å². The van der Waals surface area contributed by atoms with E-state index < -0.39 is 27.8 Å². The minimum absolute atomic E-state index is 0.0365. The van der Waals surface area contributed by atoms with Gasteiger partial charge in [-0.2, -0.15) is 0 Å². The molecule has 1 aromatic rings. The highest BCUT2D eigenvalue weighted by molar-refractivity contribution is 7.90. The van der Waals surface area contributed by atoms with Gasteiger partial charge in [0.25, 0.3) is 5.91 Å². The second-order valence-electron chi connectivity index (χ2n) is 4.75. The van der Waals surface area contributed by atoms with Gasteiger partial charge in [-0.05, 0) is 25.1 Å². The number of esters is 1. The maximum Gasteiger partial charge on any atom is 0.340 e. The van der Waals surface area contributed by atoms with Crippen molar-refractivity contribution < 1.29 is 27.5 Å². The Kier molecular flexibility index (Phi) is 6.99. The minimum Gasteiger partial charge on any atom is -0.449 e. The van der Waals surface area contributed by atoms with Gasteiger partial charge in [-0.3, -0.25) is 4.79 Å². The number of benzene rings is 1. The number of amides is 1. The third-order valence-electron chi connectivity index (χ3n) is 2.84. The van der Waals surface area contributed by atoms with Crippen molar-refractivity contribution in [1.29, 1.82) is 0 Å². The standard InChI is InChI=1S/C14H18ClNO6S/c1-9(13(17)16-6-7-21-2)22-14(18)11-8-10(23(3,19)20)4-5-12(11)15/h4-5,8-9H,6-7H2,1-3H3,(H,16,17)/t9-/m0/s1. The average Bonchev–Trinajstić information content (AvgIpc) is 2.46. The summed E-state index contributed by atoms with van der Waals surface area (Å²) in [5.41, 5.74) is -0.119. The van der Waals surface area contributed by atoms with Gasteiger partial charge in [0.2, 0.25) is 0 Å². The molecule has 7 nitrogen and oxygen atoms in total. The van der Waals surface area contributed by atoms with E-state index >= 15 is 0 Å². The van der Waals surface area contributed by atoms with E-state index in [4.69, 9.17) is 21.1 Å². The van der Waals surface area contributed by atoms with Gasteiger partial charge < -0.3 is 14.8 Å². The Balaban J connectivity index is 2.83. The lowest BCUT2D eigenvalue weighted by Crippen LogP contribution is -2.37. The molecule has 1 amide bonds. The summed E-state index contributed by atoms with van der Waals surface area (Å²) in [6.07, 6.45) is -0.0469. The van der Waals surface area contributed by atoms with Crippen molar-refractivity contribution in [3.8, 4) is 0 Å². The molecule has 1 aromatic carbocycles. The Morgan fingerprint density at radius 1 is 1.35 bits per heavy atom. The zero-order valence-electron chi connectivity index (χ0n) is 13.0. The first-order chi connectivity index (χ1) is 10.7. The van der Waals surface area contributed by atoms with Crippen LogP contribution in [-0.4, -0.2) is 52.9 Å². The van der Waals surface area contributed by atoms with Crippen molar-refractivity contribution in [1.82, 2.24) is 5.32 Å². The van der Waals surface area contributed by atoms with Crippen LogP contribution in [0.2, 0.25) is 5.02 Å². The molecule has 0 aliphatic carbocycles. The Morgan fingerprint density at radius 2 is 2.00 bits per heavy atom. The quantitative estimate of drug-likeness (QED) is 0.574. The number of sulfone groups is 1. The van der Waals surface area contributed by atoms with E-state index in [-0.39, 0.29) is 22.0 Å². The third kappa shape index (κ3) is 5.81. The average molecular weight is 364 g/mol. The SMILES string of the molecule is COCCNC(=O)[C@H](C)OC(=O)c1cc(S(C)(=O)=O)ccc1Cl. The van der Waals surface area contributed by atoms with Gasteiger partial charge in [-0.25, -0.2) is 13.2 Å². The number of nitrogens with one attached hydrogen (secondary N) is 1. The van der Waals surface area contributed by atoms with Crippen molar-refractivity contribution in [3.63, 3.8) is 0 Å². The van der Waals surface area contributed by atoms with E-state index in [2.05, 4.69) is 5.32 Å². The largest absolute Gasteiger partial charge is 0.449 e. The van der Waals surface area contributed by atoms with Gasteiger partial charge in [0, 0.05) is 19.9 Å². The molecule has 1 N–H and O–H groups in total. The van der Waals surface area contributed by atoms with Crippen LogP contribution in [-0.2, 0) is 24.1 Å². The Hall–Kier alpha value is -1.64. The van der Waals surface area contributed by atoms with Crippen molar-refractivity contribution in [2.75, 3.05) is 26.5 Å². The maximum absolute atomic E-state index is 12.1. The number of carbonyl (C=O) groups is 2. The highest BCUT2D eigenvalue weighted by atomic mass is 35.5. The number of hydrogen-bond donors (Lipinski definition) is 1. The predicted octanol–water partition coefficient (Wildman–Crippen LogP) is 1.05. The first kappa shape index (κ1) is 19.4. The lowest BCUT2D eigenvalue weighted by Gasteiger charge is -2.14. The first-order valence-corrected chi connectivity index (χ1v) is 8.91. The van der Waals surface area contributed by atoms with E-state index in [1.165, 1.54) is 26.2 Å². The normalized spacial score (nSPS) is 12.5. The maximum atomic E-state index is 12.1. The first-order valence-electron chi connectivity index (χ1n) is 6.64. The number of hydrogen-bond acceptors (Lipinski definition) is 6. The minimum atomic E-state index is -3.49. The highest BCUT2D eigenvalue weighted by Crippen LogP contribution is 2.21. The zero-order chi connectivity index (χ0) is 17.6. The van der Waals surface area contributed by atoms with Gasteiger partial charge in [0.1, 0.15) is 0 Å². The number of rotatable bonds is 7. The summed E-state index contributed by atoms with van der Waals surface area (Å²) in [6.45, 7) is 2.00. The van der Waals surface area contributed by atoms with Crippen molar-refractivity contribution in [2.45, 2.75) is 17.9 Å². The Bertz CT molecular complexity index is 689. The molecule has 1 atom stereocenters. The molecule has 23 heavy (non-hydrogen) atoms. The van der Waals surface area contributed by atoms with Crippen LogP contribution in [0.25, 0.3) is 0 Å². The topological polar surface area (TPSA) is 98.8 Å². The molecule has 9 heteroatoms. The monoisotopic (exact) mass is 363 g/mol. The van der Waals surface area contributed by atoms with Crippen molar-refractivity contribution in [2.24, 2.45) is 0 Å². The van der Waals surface area contributed by atoms with E-state index in [0.29, 0.717) is 6.61 Å². The number of methoxy groups -OCH3 is 1. The van der Waals surface area contributed by atoms with Crippen LogP contribution in [0, 0.1) is 0 Å². The molecule has 0 saturated carbocycles. The van der Waals surface area contributed by atoms with Crippen LogP contribution >= 0.6 is 11.6 Å². The summed E-state index contributed by atoms with van der Waals surface area (Å²) >= 11 is 5.89.